The van der Waals surface area contributed by atoms with E-state index in [9.17, 15) is 9.59 Å². The molecule has 0 spiro atoms. The van der Waals surface area contributed by atoms with Crippen molar-refractivity contribution in [1.82, 2.24) is 19.7 Å². The number of nitrogens with zero attached hydrogens (tertiary/aromatic N) is 3. The number of carbonyl (C=O) groups is 1. The highest BCUT2D eigenvalue weighted by Gasteiger charge is 2.35. The molecule has 1 unspecified atom stereocenters. The number of pyridine rings is 2. The van der Waals surface area contributed by atoms with Crippen molar-refractivity contribution in [2.75, 3.05) is 0 Å². The minimum Gasteiger partial charge on any atom is -0.426 e. The van der Waals surface area contributed by atoms with Crippen molar-refractivity contribution in [3.8, 4) is 11.6 Å². The van der Waals surface area contributed by atoms with E-state index in [4.69, 9.17) is 4.74 Å². The Kier molecular flexibility index (Phi) is 3.72. The zero-order valence-electron chi connectivity index (χ0n) is 14.7. The van der Waals surface area contributed by atoms with Gasteiger partial charge in [-0.25, -0.2) is 9.67 Å². The second-order valence-electron chi connectivity index (χ2n) is 6.47. The minimum absolute atomic E-state index is 0.106. The molecular formula is C19H18N4O3. The van der Waals surface area contributed by atoms with Gasteiger partial charge in [-0.3, -0.25) is 9.59 Å². The van der Waals surface area contributed by atoms with Gasteiger partial charge in [-0.1, -0.05) is 6.07 Å². The predicted octanol–water partition coefficient (Wildman–Crippen LogP) is 2.32. The molecule has 0 amide bonds. The zero-order chi connectivity index (χ0) is 18.4. The van der Waals surface area contributed by atoms with E-state index in [0.717, 1.165) is 17.0 Å². The van der Waals surface area contributed by atoms with Crippen LogP contribution in [0.3, 0.4) is 0 Å². The molecule has 0 aliphatic carbocycles. The number of hydrogen-bond donors (Lipinski definition) is 1. The summed E-state index contributed by atoms with van der Waals surface area (Å²) >= 11 is 0. The number of hydrogen-bond acceptors (Lipinski definition) is 5. The molecule has 3 aromatic rings. The molecule has 0 saturated carbocycles. The van der Waals surface area contributed by atoms with Crippen LogP contribution in [0.5, 0.6) is 5.75 Å². The van der Waals surface area contributed by atoms with Gasteiger partial charge in [0.15, 0.2) is 5.82 Å². The highest BCUT2D eigenvalue weighted by atomic mass is 16.5. The van der Waals surface area contributed by atoms with Gasteiger partial charge in [-0.05, 0) is 32.9 Å². The average Bonchev–Trinajstić information content (AvgIpc) is 2.88. The van der Waals surface area contributed by atoms with E-state index in [1.807, 2.05) is 32.0 Å². The smallest absolute Gasteiger partial charge is 0.312 e. The van der Waals surface area contributed by atoms with Gasteiger partial charge in [0.2, 0.25) is 0 Å². The van der Waals surface area contributed by atoms with E-state index in [2.05, 4.69) is 15.1 Å². The fourth-order valence-electron chi connectivity index (χ4n) is 3.62. The van der Waals surface area contributed by atoms with Crippen LogP contribution in [-0.2, 0) is 4.79 Å². The van der Waals surface area contributed by atoms with Crippen molar-refractivity contribution in [3.05, 3.63) is 69.0 Å². The molecule has 1 aliphatic heterocycles. The highest BCUT2D eigenvalue weighted by Crippen LogP contribution is 2.39. The summed E-state index contributed by atoms with van der Waals surface area (Å²) in [4.78, 5) is 31.9. The fourth-order valence-corrected chi connectivity index (χ4v) is 3.62. The summed E-state index contributed by atoms with van der Waals surface area (Å²) in [5.74, 6) is 0.276. The molecule has 1 aliphatic rings. The molecule has 0 saturated heterocycles. The van der Waals surface area contributed by atoms with Crippen molar-refractivity contribution < 1.29 is 9.53 Å². The van der Waals surface area contributed by atoms with Crippen LogP contribution >= 0.6 is 0 Å². The van der Waals surface area contributed by atoms with Crippen molar-refractivity contribution in [2.45, 2.75) is 33.1 Å². The van der Waals surface area contributed by atoms with Gasteiger partial charge in [-0.15, -0.1) is 0 Å². The molecule has 7 nitrogen and oxygen atoms in total. The predicted molar refractivity (Wildman–Crippen MR) is 94.7 cm³/mol. The Balaban J connectivity index is 1.92. The van der Waals surface area contributed by atoms with E-state index < -0.39 is 5.92 Å². The number of ether oxygens (including phenoxy) is 1. The largest absolute Gasteiger partial charge is 0.426 e. The van der Waals surface area contributed by atoms with Crippen LogP contribution in [0.25, 0.3) is 5.82 Å². The van der Waals surface area contributed by atoms with Crippen molar-refractivity contribution in [2.24, 2.45) is 0 Å². The topological polar surface area (TPSA) is 89.9 Å². The molecule has 0 bridgehead atoms. The van der Waals surface area contributed by atoms with E-state index >= 15 is 0 Å². The third-order valence-electron chi connectivity index (χ3n) is 4.67. The lowest BCUT2D eigenvalue weighted by molar-refractivity contribution is -0.135. The van der Waals surface area contributed by atoms with Crippen LogP contribution in [0.2, 0.25) is 0 Å². The summed E-state index contributed by atoms with van der Waals surface area (Å²) < 4.78 is 7.06. The SMILES string of the molecule is Cc1cc2c(c(=O)[nH]1)C(c1c(C)nn(-c3ccccn3)c1C)CC(=O)O2. The zero-order valence-corrected chi connectivity index (χ0v) is 14.7. The second kappa shape index (κ2) is 5.94. The third-order valence-corrected chi connectivity index (χ3v) is 4.67. The van der Waals surface area contributed by atoms with Gasteiger partial charge in [0.05, 0.1) is 17.7 Å². The molecular weight excluding hydrogens is 332 g/mol. The van der Waals surface area contributed by atoms with Crippen molar-refractivity contribution >= 4 is 5.97 Å². The van der Waals surface area contributed by atoms with E-state index in [0.29, 0.717) is 22.8 Å². The van der Waals surface area contributed by atoms with Crippen LogP contribution in [0.4, 0.5) is 0 Å². The summed E-state index contributed by atoms with van der Waals surface area (Å²) in [6.07, 6.45) is 1.81. The average molecular weight is 350 g/mol. The Hall–Kier alpha value is -3.22. The molecule has 132 valence electrons. The highest BCUT2D eigenvalue weighted by molar-refractivity contribution is 5.77. The first kappa shape index (κ1) is 16.3. The summed E-state index contributed by atoms with van der Waals surface area (Å²) in [5, 5.41) is 4.59. The molecule has 4 heterocycles. The molecule has 26 heavy (non-hydrogen) atoms. The van der Waals surface area contributed by atoms with Gasteiger partial charge < -0.3 is 9.72 Å². The number of aromatic nitrogens is 4. The van der Waals surface area contributed by atoms with Gasteiger partial charge in [0.25, 0.3) is 5.56 Å². The molecule has 1 N–H and O–H groups in total. The normalized spacial score (nSPS) is 16.3. The number of rotatable bonds is 2. The van der Waals surface area contributed by atoms with Crippen LogP contribution in [0.15, 0.2) is 35.3 Å². The third kappa shape index (κ3) is 2.52. The Bertz CT molecular complexity index is 1070. The Morgan fingerprint density at radius 1 is 1.19 bits per heavy atom. The van der Waals surface area contributed by atoms with Gasteiger partial charge in [0, 0.05) is 35.1 Å². The van der Waals surface area contributed by atoms with Crippen LogP contribution < -0.4 is 10.3 Å². The van der Waals surface area contributed by atoms with Crippen molar-refractivity contribution in [1.29, 1.82) is 0 Å². The lowest BCUT2D eigenvalue weighted by atomic mass is 9.86. The number of H-pyrrole nitrogens is 1. The summed E-state index contributed by atoms with van der Waals surface area (Å²) in [6, 6.07) is 7.28. The molecule has 0 radical (unpaired) electrons. The molecule has 3 aromatic heterocycles. The summed E-state index contributed by atoms with van der Waals surface area (Å²) in [5.41, 5.74) is 3.37. The number of nitrogens with one attached hydrogen (secondary N) is 1. The summed E-state index contributed by atoms with van der Waals surface area (Å²) in [7, 11) is 0. The van der Waals surface area contributed by atoms with Crippen LogP contribution in [0.1, 0.15) is 40.5 Å². The van der Waals surface area contributed by atoms with Crippen LogP contribution in [-0.4, -0.2) is 25.7 Å². The Morgan fingerprint density at radius 2 is 2.00 bits per heavy atom. The van der Waals surface area contributed by atoms with Gasteiger partial charge >= 0.3 is 5.97 Å². The monoisotopic (exact) mass is 350 g/mol. The lowest BCUT2D eigenvalue weighted by Crippen LogP contribution is -2.29. The second-order valence-corrected chi connectivity index (χ2v) is 6.47. The first-order chi connectivity index (χ1) is 12.5. The maximum atomic E-state index is 12.6. The first-order valence-corrected chi connectivity index (χ1v) is 8.37. The minimum atomic E-state index is -0.395. The van der Waals surface area contributed by atoms with Crippen molar-refractivity contribution in [3.63, 3.8) is 0 Å². The molecule has 0 fully saturated rings. The Labute approximate surface area is 149 Å². The summed E-state index contributed by atoms with van der Waals surface area (Å²) in [6.45, 7) is 5.56. The number of aryl methyl sites for hydroxylation is 2. The maximum Gasteiger partial charge on any atom is 0.312 e. The number of aromatic amines is 1. The quantitative estimate of drug-likeness (QED) is 0.717. The Morgan fingerprint density at radius 3 is 2.73 bits per heavy atom. The van der Waals surface area contributed by atoms with E-state index in [1.54, 1.807) is 23.9 Å². The van der Waals surface area contributed by atoms with E-state index in [-0.39, 0.29) is 17.9 Å². The maximum absolute atomic E-state index is 12.6. The van der Waals surface area contributed by atoms with Gasteiger partial charge in [0.1, 0.15) is 5.75 Å². The fraction of sp³-hybridized carbons (Fsp3) is 0.263. The first-order valence-electron chi connectivity index (χ1n) is 8.37. The lowest BCUT2D eigenvalue weighted by Gasteiger charge is -2.24. The number of fused-ring (bicyclic) bond motifs is 1. The number of esters is 1. The molecule has 0 aromatic carbocycles. The van der Waals surface area contributed by atoms with Crippen LogP contribution in [0, 0.1) is 20.8 Å². The molecule has 7 heteroatoms. The van der Waals surface area contributed by atoms with Gasteiger partial charge in [-0.2, -0.15) is 5.10 Å². The number of carbonyl (C=O) groups excluding carboxylic acids is 1. The molecule has 1 atom stereocenters. The van der Waals surface area contributed by atoms with E-state index in [1.165, 1.54) is 0 Å². The molecule has 4 rings (SSSR count). The standard InChI is InChI=1S/C19H18N4O3/c1-10-8-14-18(19(25)21-10)13(9-16(24)26-14)17-11(2)22-23(12(17)3)15-6-4-5-7-20-15/h4-8,13H,9H2,1-3H3,(H,21,25).